The van der Waals surface area contributed by atoms with Crippen molar-refractivity contribution in [2.45, 2.75) is 51.1 Å². The number of hydrogen-bond donors (Lipinski definition) is 1. The van der Waals surface area contributed by atoms with Gasteiger partial charge in [0.1, 0.15) is 0 Å². The van der Waals surface area contributed by atoms with Gasteiger partial charge in [0.15, 0.2) is 0 Å². The topological polar surface area (TPSA) is 32.5 Å². The lowest BCUT2D eigenvalue weighted by Gasteiger charge is -2.51. The van der Waals surface area contributed by atoms with Gasteiger partial charge in [0.2, 0.25) is 0 Å². The summed E-state index contributed by atoms with van der Waals surface area (Å²) in [6, 6.07) is 1.07. The molecule has 3 heteroatoms. The minimum Gasteiger partial charge on any atom is -0.326 e. The number of fused-ring (bicyclic) bond motifs is 3. The third-order valence-electron chi connectivity index (χ3n) is 5.71. The first-order valence-electron chi connectivity index (χ1n) is 8.00. The van der Waals surface area contributed by atoms with Crippen LogP contribution >= 0.6 is 0 Å². The van der Waals surface area contributed by atoms with Gasteiger partial charge in [0.25, 0.3) is 0 Å². The molecule has 4 rings (SSSR count). The van der Waals surface area contributed by atoms with Crippen LogP contribution in [0.2, 0.25) is 0 Å². The third kappa shape index (κ3) is 2.45. The predicted octanol–water partition coefficient (Wildman–Crippen LogP) is 1.53. The molecule has 0 radical (unpaired) electrons. The first-order chi connectivity index (χ1) is 8.78. The van der Waals surface area contributed by atoms with Gasteiger partial charge in [-0.05, 0) is 24.7 Å². The van der Waals surface area contributed by atoms with Crippen LogP contribution in [0.25, 0.3) is 0 Å². The van der Waals surface area contributed by atoms with Gasteiger partial charge in [-0.3, -0.25) is 9.80 Å². The van der Waals surface area contributed by atoms with E-state index in [0.29, 0.717) is 12.1 Å². The van der Waals surface area contributed by atoms with Crippen LogP contribution in [0.5, 0.6) is 0 Å². The molecule has 4 aliphatic rings. The molecular weight excluding hydrogens is 222 g/mol. The number of nitrogens with two attached hydrogens (primary N) is 1. The molecule has 4 unspecified atom stereocenters. The van der Waals surface area contributed by atoms with Gasteiger partial charge in [-0.2, -0.15) is 0 Å². The molecule has 18 heavy (non-hydrogen) atoms. The first-order valence-corrected chi connectivity index (χ1v) is 8.00. The van der Waals surface area contributed by atoms with Crippen molar-refractivity contribution in [1.82, 2.24) is 9.80 Å². The normalized spacial score (nSPS) is 46.0. The summed E-state index contributed by atoms with van der Waals surface area (Å²) in [4.78, 5) is 5.28. The molecule has 104 valence electrons. The van der Waals surface area contributed by atoms with Gasteiger partial charge in [-0.15, -0.1) is 0 Å². The fourth-order valence-corrected chi connectivity index (χ4v) is 4.39. The van der Waals surface area contributed by atoms with Gasteiger partial charge in [0.05, 0.1) is 0 Å². The second kappa shape index (κ2) is 5.48. The van der Waals surface area contributed by atoms with E-state index in [1.807, 2.05) is 0 Å². The Labute approximate surface area is 112 Å². The number of hydrogen-bond acceptors (Lipinski definition) is 3. The summed E-state index contributed by atoms with van der Waals surface area (Å²) >= 11 is 0. The second-order valence-corrected chi connectivity index (χ2v) is 6.68. The summed E-state index contributed by atoms with van der Waals surface area (Å²) in [5, 5.41) is 0. The van der Waals surface area contributed by atoms with E-state index in [0.717, 1.165) is 11.8 Å². The smallest absolute Gasteiger partial charge is 0.0378 e. The molecule has 0 spiro atoms. The molecule has 0 aromatic rings. The molecule has 2 bridgehead atoms. The van der Waals surface area contributed by atoms with E-state index in [9.17, 15) is 0 Å². The highest BCUT2D eigenvalue weighted by Crippen LogP contribution is 2.34. The van der Waals surface area contributed by atoms with Gasteiger partial charge in [-0.1, -0.05) is 26.2 Å². The summed E-state index contributed by atoms with van der Waals surface area (Å²) in [5.74, 6) is 1.74. The Morgan fingerprint density at radius 3 is 2.56 bits per heavy atom. The summed E-state index contributed by atoms with van der Waals surface area (Å²) in [6.07, 6.45) is 6.97. The maximum Gasteiger partial charge on any atom is 0.0378 e. The summed E-state index contributed by atoms with van der Waals surface area (Å²) in [5.41, 5.74) is 6.66. The Kier molecular flexibility index (Phi) is 3.92. The van der Waals surface area contributed by atoms with E-state index in [4.69, 9.17) is 5.73 Å². The quantitative estimate of drug-likeness (QED) is 0.825. The molecule has 0 amide bonds. The van der Waals surface area contributed by atoms with Crippen molar-refractivity contribution in [3.05, 3.63) is 0 Å². The standard InChI is InChI=1S/C15H29N3/c1-2-12-4-3-5-13(10-12)15(16)14-11-17-6-8-18(14)9-7-17/h12-15H,2-11,16H2,1H3. The fraction of sp³-hybridized carbons (Fsp3) is 1.00. The monoisotopic (exact) mass is 251 g/mol. The number of rotatable bonds is 3. The number of nitrogens with zero attached hydrogens (tertiary/aromatic N) is 2. The summed E-state index contributed by atoms with van der Waals surface area (Å²) in [6.45, 7) is 8.62. The van der Waals surface area contributed by atoms with Gasteiger partial charge in [-0.25, -0.2) is 0 Å². The van der Waals surface area contributed by atoms with Crippen LogP contribution in [-0.2, 0) is 0 Å². The molecule has 1 aliphatic carbocycles. The van der Waals surface area contributed by atoms with E-state index in [-0.39, 0.29) is 0 Å². The van der Waals surface area contributed by atoms with Gasteiger partial charge < -0.3 is 5.73 Å². The highest BCUT2D eigenvalue weighted by molar-refractivity contribution is 4.97. The second-order valence-electron chi connectivity index (χ2n) is 6.68. The SMILES string of the molecule is CCC1CCCC(C(N)C2CN3CCN2CC3)C1. The molecule has 0 aromatic heterocycles. The lowest BCUT2D eigenvalue weighted by atomic mass is 9.74. The van der Waals surface area contributed by atoms with Crippen molar-refractivity contribution in [3.8, 4) is 0 Å². The average Bonchev–Trinajstić information content (AvgIpc) is 2.47. The Balaban J connectivity index is 1.61. The predicted molar refractivity (Wildman–Crippen MR) is 75.5 cm³/mol. The highest BCUT2D eigenvalue weighted by Gasteiger charge is 2.39. The Morgan fingerprint density at radius 2 is 1.94 bits per heavy atom. The number of piperazine rings is 3. The van der Waals surface area contributed by atoms with Crippen LogP contribution in [0.3, 0.4) is 0 Å². The zero-order chi connectivity index (χ0) is 12.5. The summed E-state index contributed by atoms with van der Waals surface area (Å²) in [7, 11) is 0. The van der Waals surface area contributed by atoms with Crippen LogP contribution < -0.4 is 5.73 Å². The van der Waals surface area contributed by atoms with Crippen LogP contribution in [0.1, 0.15) is 39.0 Å². The Morgan fingerprint density at radius 1 is 1.17 bits per heavy atom. The molecule has 3 heterocycles. The largest absolute Gasteiger partial charge is 0.326 e. The van der Waals surface area contributed by atoms with Crippen molar-refractivity contribution < 1.29 is 0 Å². The lowest BCUT2D eigenvalue weighted by Crippen LogP contribution is -2.67. The first kappa shape index (κ1) is 12.9. The molecule has 3 nitrogen and oxygen atoms in total. The van der Waals surface area contributed by atoms with Crippen LogP contribution in [0, 0.1) is 11.8 Å². The van der Waals surface area contributed by atoms with E-state index in [2.05, 4.69) is 16.7 Å². The van der Waals surface area contributed by atoms with E-state index in [1.165, 1.54) is 64.8 Å². The lowest BCUT2D eigenvalue weighted by molar-refractivity contribution is -0.0110. The third-order valence-corrected chi connectivity index (χ3v) is 5.71. The van der Waals surface area contributed by atoms with E-state index in [1.54, 1.807) is 0 Å². The van der Waals surface area contributed by atoms with Crippen molar-refractivity contribution in [2.24, 2.45) is 17.6 Å². The van der Waals surface area contributed by atoms with Gasteiger partial charge in [0, 0.05) is 44.8 Å². The highest BCUT2D eigenvalue weighted by atomic mass is 15.3. The molecule has 4 fully saturated rings. The summed E-state index contributed by atoms with van der Waals surface area (Å²) < 4.78 is 0. The maximum absolute atomic E-state index is 6.66. The minimum absolute atomic E-state index is 0.419. The van der Waals surface area contributed by atoms with Crippen LogP contribution in [-0.4, -0.2) is 54.6 Å². The maximum atomic E-state index is 6.66. The molecule has 3 saturated heterocycles. The van der Waals surface area contributed by atoms with Crippen molar-refractivity contribution in [3.63, 3.8) is 0 Å². The molecule has 2 N–H and O–H groups in total. The fourth-order valence-electron chi connectivity index (χ4n) is 4.39. The van der Waals surface area contributed by atoms with Crippen LogP contribution in [0.4, 0.5) is 0 Å². The van der Waals surface area contributed by atoms with Crippen LogP contribution in [0.15, 0.2) is 0 Å². The van der Waals surface area contributed by atoms with Crippen molar-refractivity contribution >= 4 is 0 Å². The molecule has 0 aromatic carbocycles. The zero-order valence-corrected chi connectivity index (χ0v) is 11.9. The molecular formula is C15H29N3. The minimum atomic E-state index is 0.419. The van der Waals surface area contributed by atoms with E-state index >= 15 is 0 Å². The zero-order valence-electron chi connectivity index (χ0n) is 11.9. The average molecular weight is 251 g/mol. The Bertz CT molecular complexity index is 273. The Hall–Kier alpha value is -0.120. The molecule has 3 aliphatic heterocycles. The van der Waals surface area contributed by atoms with Crippen molar-refractivity contribution in [2.75, 3.05) is 32.7 Å². The van der Waals surface area contributed by atoms with E-state index < -0.39 is 0 Å². The molecule has 1 saturated carbocycles. The van der Waals surface area contributed by atoms with Crippen molar-refractivity contribution in [1.29, 1.82) is 0 Å². The molecule has 4 atom stereocenters. The van der Waals surface area contributed by atoms with Gasteiger partial charge >= 0.3 is 0 Å².